The number of ether oxygens (including phenoxy) is 1. The number of alkyl carbamates (subject to hydrolysis) is 1. The second kappa shape index (κ2) is 10.9. The standard InChI is InChI=1S/C20H26NO5P/c1-3-25-27(23,26-4-2)16-19(18-13-9-6-10-14-18)21-20(22)24-15-17-11-7-5-8-12-17/h5-14,19H,3-4,15-16H2,1-2H3,(H,21,22)/t19-/m1/s1. The van der Waals surface area contributed by atoms with Crippen molar-refractivity contribution < 1.29 is 23.1 Å². The number of amides is 1. The van der Waals surface area contributed by atoms with E-state index in [1.54, 1.807) is 13.8 Å². The molecule has 1 atom stereocenters. The van der Waals surface area contributed by atoms with E-state index in [0.29, 0.717) is 0 Å². The van der Waals surface area contributed by atoms with Gasteiger partial charge in [-0.05, 0) is 25.0 Å². The molecule has 27 heavy (non-hydrogen) atoms. The summed E-state index contributed by atoms with van der Waals surface area (Å²) in [6.45, 7) is 4.19. The molecule has 2 aromatic carbocycles. The Morgan fingerprint density at radius 1 is 0.963 bits per heavy atom. The Morgan fingerprint density at radius 3 is 2.07 bits per heavy atom. The number of hydrogen-bond donors (Lipinski definition) is 1. The summed E-state index contributed by atoms with van der Waals surface area (Å²) in [7, 11) is -3.34. The van der Waals surface area contributed by atoms with Gasteiger partial charge in [-0.2, -0.15) is 0 Å². The predicted molar refractivity (Wildman–Crippen MR) is 105 cm³/mol. The molecule has 1 N–H and O–H groups in total. The second-order valence-corrected chi connectivity index (χ2v) is 7.90. The largest absolute Gasteiger partial charge is 0.445 e. The smallest absolute Gasteiger partial charge is 0.407 e. The summed E-state index contributed by atoms with van der Waals surface area (Å²) in [4.78, 5) is 12.3. The maximum Gasteiger partial charge on any atom is 0.407 e. The van der Waals surface area contributed by atoms with Crippen molar-refractivity contribution in [3.63, 3.8) is 0 Å². The quantitative estimate of drug-likeness (QED) is 0.582. The first kappa shape index (κ1) is 21.2. The highest BCUT2D eigenvalue weighted by Gasteiger charge is 2.30. The molecule has 7 heteroatoms. The Bertz CT molecular complexity index is 729. The molecule has 2 aromatic rings. The fraction of sp³-hybridized carbons (Fsp3) is 0.350. The number of carbonyl (C=O) groups excluding carboxylic acids is 1. The van der Waals surface area contributed by atoms with Gasteiger partial charge in [0.1, 0.15) is 6.61 Å². The number of benzene rings is 2. The van der Waals surface area contributed by atoms with Crippen molar-refractivity contribution in [2.75, 3.05) is 19.4 Å². The average Bonchev–Trinajstić information content (AvgIpc) is 2.68. The lowest BCUT2D eigenvalue weighted by Crippen LogP contribution is -2.31. The molecule has 6 nitrogen and oxygen atoms in total. The molecular weight excluding hydrogens is 365 g/mol. The van der Waals surface area contributed by atoms with Crippen LogP contribution >= 0.6 is 7.60 Å². The molecule has 1 amide bonds. The van der Waals surface area contributed by atoms with Crippen molar-refractivity contribution in [2.24, 2.45) is 0 Å². The van der Waals surface area contributed by atoms with Crippen LogP contribution < -0.4 is 5.32 Å². The SMILES string of the molecule is CCOP(=O)(C[C@@H](NC(=O)OCc1ccccc1)c1ccccc1)OCC. The van der Waals surface area contributed by atoms with Gasteiger partial charge >= 0.3 is 13.7 Å². The molecule has 2 rings (SSSR count). The van der Waals surface area contributed by atoms with Gasteiger partial charge in [0, 0.05) is 0 Å². The van der Waals surface area contributed by atoms with Gasteiger partial charge in [0.2, 0.25) is 0 Å². The first-order chi connectivity index (χ1) is 13.1. The van der Waals surface area contributed by atoms with Gasteiger partial charge in [-0.3, -0.25) is 4.57 Å². The third-order valence-electron chi connectivity index (χ3n) is 3.76. The Morgan fingerprint density at radius 2 is 1.52 bits per heavy atom. The summed E-state index contributed by atoms with van der Waals surface area (Å²) in [5, 5.41) is 2.78. The summed E-state index contributed by atoms with van der Waals surface area (Å²) in [5.41, 5.74) is 1.69. The molecule has 0 aliphatic rings. The molecule has 0 aliphatic heterocycles. The first-order valence-corrected chi connectivity index (χ1v) is 10.7. The molecule has 0 fully saturated rings. The molecule has 0 heterocycles. The van der Waals surface area contributed by atoms with Crippen LogP contribution in [-0.2, 0) is 25.0 Å². The Hall–Kier alpha value is -2.14. The maximum absolute atomic E-state index is 12.9. The molecule has 0 radical (unpaired) electrons. The minimum Gasteiger partial charge on any atom is -0.445 e. The normalized spacial score (nSPS) is 12.4. The van der Waals surface area contributed by atoms with E-state index in [1.807, 2.05) is 60.7 Å². The van der Waals surface area contributed by atoms with E-state index in [9.17, 15) is 9.36 Å². The van der Waals surface area contributed by atoms with Crippen molar-refractivity contribution in [1.82, 2.24) is 5.32 Å². The maximum atomic E-state index is 12.9. The summed E-state index contributed by atoms with van der Waals surface area (Å²) >= 11 is 0. The van der Waals surface area contributed by atoms with Gasteiger partial charge in [-0.25, -0.2) is 4.79 Å². The van der Waals surface area contributed by atoms with E-state index >= 15 is 0 Å². The lowest BCUT2D eigenvalue weighted by molar-refractivity contribution is 0.136. The molecule has 0 aliphatic carbocycles. The van der Waals surface area contributed by atoms with Crippen LogP contribution in [0.1, 0.15) is 31.0 Å². The van der Waals surface area contributed by atoms with Crippen LogP contribution in [0.3, 0.4) is 0 Å². The van der Waals surface area contributed by atoms with Crippen LogP contribution in [-0.4, -0.2) is 25.5 Å². The van der Waals surface area contributed by atoms with E-state index < -0.39 is 19.7 Å². The molecule has 0 bridgehead atoms. The Balaban J connectivity index is 2.08. The lowest BCUT2D eigenvalue weighted by atomic mass is 10.1. The topological polar surface area (TPSA) is 73.9 Å². The van der Waals surface area contributed by atoms with E-state index in [2.05, 4.69) is 5.32 Å². The fourth-order valence-electron chi connectivity index (χ4n) is 2.59. The molecule has 146 valence electrons. The molecule has 0 unspecified atom stereocenters. The lowest BCUT2D eigenvalue weighted by Gasteiger charge is -2.24. The molecule has 0 aromatic heterocycles. The van der Waals surface area contributed by atoms with Gasteiger partial charge in [-0.15, -0.1) is 0 Å². The summed E-state index contributed by atoms with van der Waals surface area (Å²) in [5.74, 6) is 0. The zero-order chi connectivity index (χ0) is 19.5. The van der Waals surface area contributed by atoms with Crippen molar-refractivity contribution in [3.05, 3.63) is 71.8 Å². The summed E-state index contributed by atoms with van der Waals surface area (Å²) in [6, 6.07) is 18.1. The Kier molecular flexibility index (Phi) is 8.52. The van der Waals surface area contributed by atoms with Gasteiger partial charge in [0.15, 0.2) is 0 Å². The third-order valence-corrected chi connectivity index (χ3v) is 5.88. The highest BCUT2D eigenvalue weighted by molar-refractivity contribution is 7.53. The van der Waals surface area contributed by atoms with Crippen LogP contribution in [0.15, 0.2) is 60.7 Å². The zero-order valence-corrected chi connectivity index (χ0v) is 16.6. The van der Waals surface area contributed by atoms with Crippen LogP contribution in [0.25, 0.3) is 0 Å². The molecular formula is C20H26NO5P. The molecule has 0 spiro atoms. The Labute approximate surface area is 160 Å². The predicted octanol–water partition coefficient (Wildman–Crippen LogP) is 4.92. The summed E-state index contributed by atoms with van der Waals surface area (Å²) in [6.07, 6.45) is -0.564. The van der Waals surface area contributed by atoms with Crippen molar-refractivity contribution in [1.29, 1.82) is 0 Å². The van der Waals surface area contributed by atoms with Crippen molar-refractivity contribution in [3.8, 4) is 0 Å². The minimum absolute atomic E-state index is 0.0269. The third kappa shape index (κ3) is 7.18. The van der Waals surface area contributed by atoms with E-state index in [4.69, 9.17) is 13.8 Å². The van der Waals surface area contributed by atoms with E-state index in [0.717, 1.165) is 11.1 Å². The summed E-state index contributed by atoms with van der Waals surface area (Å²) < 4.78 is 29.0. The van der Waals surface area contributed by atoms with Crippen molar-refractivity contribution in [2.45, 2.75) is 26.5 Å². The van der Waals surface area contributed by atoms with Gasteiger partial charge in [-0.1, -0.05) is 60.7 Å². The van der Waals surface area contributed by atoms with Gasteiger partial charge < -0.3 is 19.1 Å². The van der Waals surface area contributed by atoms with Crippen LogP contribution in [0.4, 0.5) is 4.79 Å². The zero-order valence-electron chi connectivity index (χ0n) is 15.7. The number of hydrogen-bond acceptors (Lipinski definition) is 5. The van der Waals surface area contributed by atoms with E-state index in [1.165, 1.54) is 0 Å². The number of rotatable bonds is 10. The minimum atomic E-state index is -3.34. The molecule has 0 saturated carbocycles. The molecule has 0 saturated heterocycles. The monoisotopic (exact) mass is 391 g/mol. The van der Waals surface area contributed by atoms with Crippen LogP contribution in [0.2, 0.25) is 0 Å². The fourth-order valence-corrected chi connectivity index (χ4v) is 4.41. The van der Waals surface area contributed by atoms with Gasteiger partial charge in [0.25, 0.3) is 0 Å². The number of carbonyl (C=O) groups is 1. The second-order valence-electron chi connectivity index (χ2n) is 5.80. The van der Waals surface area contributed by atoms with Gasteiger partial charge in [0.05, 0.1) is 25.4 Å². The highest BCUT2D eigenvalue weighted by Crippen LogP contribution is 2.50. The number of nitrogens with one attached hydrogen (secondary N) is 1. The average molecular weight is 391 g/mol. The van der Waals surface area contributed by atoms with Crippen LogP contribution in [0, 0.1) is 0 Å². The van der Waals surface area contributed by atoms with Crippen molar-refractivity contribution >= 4 is 13.7 Å². The van der Waals surface area contributed by atoms with E-state index in [-0.39, 0.29) is 26.0 Å². The first-order valence-electron chi connectivity index (χ1n) is 8.96. The highest BCUT2D eigenvalue weighted by atomic mass is 31.2. The van der Waals surface area contributed by atoms with Crippen LogP contribution in [0.5, 0.6) is 0 Å².